The number of hydrogen-bond acceptors (Lipinski definition) is 2. The van der Waals surface area contributed by atoms with Gasteiger partial charge in [0.1, 0.15) is 5.60 Å². The summed E-state index contributed by atoms with van der Waals surface area (Å²) in [6.07, 6.45) is 0. The lowest BCUT2D eigenvalue weighted by Crippen LogP contribution is -2.42. The number of halogens is 1. The quantitative estimate of drug-likeness (QED) is 0.844. The SMILES string of the molecule is O=C(O)C(Cl)C(O)(c1ccccc1)c1ccccc1. The van der Waals surface area contributed by atoms with Crippen molar-refractivity contribution in [3.05, 3.63) is 71.8 Å². The van der Waals surface area contributed by atoms with E-state index >= 15 is 0 Å². The molecular formula is C15H13ClO3. The van der Waals surface area contributed by atoms with Gasteiger partial charge in [-0.15, -0.1) is 11.6 Å². The molecule has 0 saturated heterocycles. The molecule has 19 heavy (non-hydrogen) atoms. The van der Waals surface area contributed by atoms with E-state index in [4.69, 9.17) is 16.7 Å². The van der Waals surface area contributed by atoms with Crippen molar-refractivity contribution in [1.29, 1.82) is 0 Å². The summed E-state index contributed by atoms with van der Waals surface area (Å²) in [5.74, 6) is -1.27. The molecule has 0 aromatic heterocycles. The number of carboxylic acid groups (broad SMARTS) is 1. The maximum Gasteiger partial charge on any atom is 0.325 e. The van der Waals surface area contributed by atoms with Gasteiger partial charge in [0, 0.05) is 0 Å². The summed E-state index contributed by atoms with van der Waals surface area (Å²) in [6, 6.07) is 17.1. The number of aliphatic hydroxyl groups is 1. The Labute approximate surface area is 116 Å². The largest absolute Gasteiger partial charge is 0.480 e. The van der Waals surface area contributed by atoms with Gasteiger partial charge in [-0.2, -0.15) is 0 Å². The number of benzene rings is 2. The van der Waals surface area contributed by atoms with Crippen LogP contribution in [0.3, 0.4) is 0 Å². The standard InChI is InChI=1S/C15H13ClO3/c16-13(14(17)18)15(19,11-7-3-1-4-8-11)12-9-5-2-6-10-12/h1-10,13,19H,(H,17,18). The van der Waals surface area contributed by atoms with Crippen molar-refractivity contribution < 1.29 is 15.0 Å². The second kappa shape index (κ2) is 5.43. The van der Waals surface area contributed by atoms with Crippen LogP contribution in [0.1, 0.15) is 11.1 Å². The maximum atomic E-state index is 11.2. The number of aliphatic carboxylic acids is 1. The van der Waals surface area contributed by atoms with Gasteiger partial charge < -0.3 is 10.2 Å². The van der Waals surface area contributed by atoms with Crippen LogP contribution in [0.15, 0.2) is 60.7 Å². The Kier molecular flexibility index (Phi) is 3.88. The maximum absolute atomic E-state index is 11.2. The zero-order valence-electron chi connectivity index (χ0n) is 10.0. The first-order chi connectivity index (χ1) is 9.06. The Morgan fingerprint density at radius 3 is 1.63 bits per heavy atom. The van der Waals surface area contributed by atoms with Gasteiger partial charge in [0.05, 0.1) is 0 Å². The van der Waals surface area contributed by atoms with Gasteiger partial charge in [0.2, 0.25) is 0 Å². The second-order valence-corrected chi connectivity index (χ2v) is 4.64. The molecule has 0 radical (unpaired) electrons. The normalized spacial score (nSPS) is 12.9. The van der Waals surface area contributed by atoms with E-state index in [1.807, 2.05) is 0 Å². The summed E-state index contributed by atoms with van der Waals surface area (Å²) < 4.78 is 0. The van der Waals surface area contributed by atoms with Gasteiger partial charge in [-0.3, -0.25) is 4.79 Å². The molecule has 0 aliphatic carbocycles. The van der Waals surface area contributed by atoms with Crippen LogP contribution in [0.2, 0.25) is 0 Å². The van der Waals surface area contributed by atoms with Crippen molar-refractivity contribution in [2.75, 3.05) is 0 Å². The molecule has 0 amide bonds. The van der Waals surface area contributed by atoms with Gasteiger partial charge in [0.15, 0.2) is 5.38 Å². The average molecular weight is 277 g/mol. The lowest BCUT2D eigenvalue weighted by Gasteiger charge is -2.31. The minimum atomic E-state index is -1.77. The highest BCUT2D eigenvalue weighted by Crippen LogP contribution is 2.35. The number of alkyl halides is 1. The van der Waals surface area contributed by atoms with Crippen LogP contribution in [-0.4, -0.2) is 21.6 Å². The van der Waals surface area contributed by atoms with Crippen LogP contribution < -0.4 is 0 Å². The zero-order valence-corrected chi connectivity index (χ0v) is 10.8. The van der Waals surface area contributed by atoms with Crippen molar-refractivity contribution in [3.63, 3.8) is 0 Å². The molecule has 2 rings (SSSR count). The third-order valence-electron chi connectivity index (χ3n) is 3.01. The third-order valence-corrected chi connectivity index (χ3v) is 3.51. The Morgan fingerprint density at radius 2 is 1.32 bits per heavy atom. The first-order valence-electron chi connectivity index (χ1n) is 5.77. The average Bonchev–Trinajstić information content (AvgIpc) is 2.47. The van der Waals surface area contributed by atoms with Crippen LogP contribution in [0.5, 0.6) is 0 Å². The van der Waals surface area contributed by atoms with E-state index < -0.39 is 16.9 Å². The fourth-order valence-electron chi connectivity index (χ4n) is 2.02. The number of hydrogen-bond donors (Lipinski definition) is 2. The van der Waals surface area contributed by atoms with E-state index in [1.54, 1.807) is 60.7 Å². The Bertz CT molecular complexity index is 515. The molecule has 2 aromatic rings. The molecule has 0 aliphatic rings. The molecule has 0 saturated carbocycles. The molecular weight excluding hydrogens is 264 g/mol. The van der Waals surface area contributed by atoms with Crippen molar-refractivity contribution in [2.24, 2.45) is 0 Å². The smallest absolute Gasteiger partial charge is 0.325 e. The predicted octanol–water partition coefficient (Wildman–Crippen LogP) is 2.61. The fraction of sp³-hybridized carbons (Fsp3) is 0.133. The van der Waals surface area contributed by atoms with E-state index in [0.29, 0.717) is 11.1 Å². The van der Waals surface area contributed by atoms with Crippen molar-refractivity contribution >= 4 is 17.6 Å². The first-order valence-corrected chi connectivity index (χ1v) is 6.20. The van der Waals surface area contributed by atoms with Crippen molar-refractivity contribution in [2.45, 2.75) is 11.0 Å². The summed E-state index contributed by atoms with van der Waals surface area (Å²) in [4.78, 5) is 11.2. The fourth-order valence-corrected chi connectivity index (χ4v) is 2.27. The Hall–Kier alpha value is -1.84. The zero-order chi connectivity index (χ0) is 13.9. The predicted molar refractivity (Wildman–Crippen MR) is 73.2 cm³/mol. The van der Waals surface area contributed by atoms with Crippen molar-refractivity contribution in [1.82, 2.24) is 0 Å². The number of carbonyl (C=O) groups is 1. The van der Waals surface area contributed by atoms with E-state index in [1.165, 1.54) is 0 Å². The van der Waals surface area contributed by atoms with Gasteiger partial charge in [-0.25, -0.2) is 0 Å². The monoisotopic (exact) mass is 276 g/mol. The molecule has 0 bridgehead atoms. The molecule has 4 heteroatoms. The van der Waals surface area contributed by atoms with Gasteiger partial charge in [0.25, 0.3) is 0 Å². The van der Waals surface area contributed by atoms with Crippen LogP contribution >= 0.6 is 11.6 Å². The van der Waals surface area contributed by atoms with Crippen molar-refractivity contribution in [3.8, 4) is 0 Å². The molecule has 3 nitrogen and oxygen atoms in total. The molecule has 98 valence electrons. The van der Waals surface area contributed by atoms with E-state index in [2.05, 4.69) is 0 Å². The number of carboxylic acids is 1. The molecule has 0 spiro atoms. The Balaban J connectivity index is 2.61. The number of rotatable bonds is 4. The van der Waals surface area contributed by atoms with Gasteiger partial charge in [-0.05, 0) is 11.1 Å². The minimum Gasteiger partial charge on any atom is -0.480 e. The van der Waals surface area contributed by atoms with E-state index in [9.17, 15) is 9.90 Å². The molecule has 0 fully saturated rings. The highest BCUT2D eigenvalue weighted by Gasteiger charge is 2.43. The minimum absolute atomic E-state index is 0.448. The van der Waals surface area contributed by atoms with E-state index in [0.717, 1.165) is 0 Å². The second-order valence-electron chi connectivity index (χ2n) is 4.20. The molecule has 0 aliphatic heterocycles. The summed E-state index contributed by atoms with van der Waals surface area (Å²) in [5.41, 5.74) is -0.872. The summed E-state index contributed by atoms with van der Waals surface area (Å²) >= 11 is 5.94. The third kappa shape index (κ3) is 2.48. The van der Waals surface area contributed by atoms with Gasteiger partial charge in [-0.1, -0.05) is 60.7 Å². The van der Waals surface area contributed by atoms with E-state index in [-0.39, 0.29) is 0 Å². The summed E-state index contributed by atoms with van der Waals surface area (Å²) in [6.45, 7) is 0. The topological polar surface area (TPSA) is 57.5 Å². The highest BCUT2D eigenvalue weighted by molar-refractivity contribution is 6.30. The highest BCUT2D eigenvalue weighted by atomic mass is 35.5. The lowest BCUT2D eigenvalue weighted by atomic mass is 9.83. The molecule has 1 atom stereocenters. The summed E-state index contributed by atoms with van der Waals surface area (Å²) in [5, 5.41) is 18.6. The first kappa shape index (κ1) is 13.6. The summed E-state index contributed by atoms with van der Waals surface area (Å²) in [7, 11) is 0. The molecule has 2 aromatic carbocycles. The lowest BCUT2D eigenvalue weighted by molar-refractivity contribution is -0.140. The molecule has 1 unspecified atom stereocenters. The van der Waals surface area contributed by atoms with Crippen LogP contribution in [0.25, 0.3) is 0 Å². The van der Waals surface area contributed by atoms with Crippen LogP contribution in [0, 0.1) is 0 Å². The van der Waals surface area contributed by atoms with Crippen LogP contribution in [-0.2, 0) is 10.4 Å². The molecule has 0 heterocycles. The molecule has 2 N–H and O–H groups in total. The van der Waals surface area contributed by atoms with Gasteiger partial charge >= 0.3 is 5.97 Å². The van der Waals surface area contributed by atoms with Crippen LogP contribution in [0.4, 0.5) is 0 Å². The Morgan fingerprint density at radius 1 is 0.947 bits per heavy atom.